The fraction of sp³-hybridized carbons (Fsp3) is 0.429. The molecule has 1 rings (SSSR count). The molecule has 0 aliphatic carbocycles. The van der Waals surface area contributed by atoms with Crippen molar-refractivity contribution >= 4 is 23.2 Å². The minimum atomic E-state index is -0.158. The number of rotatable bonds is 6. The lowest BCUT2D eigenvalue weighted by atomic mass is 10.1. The van der Waals surface area contributed by atoms with Crippen LogP contribution in [0.4, 0.5) is 11.4 Å². The molecule has 0 saturated heterocycles. The highest BCUT2D eigenvalue weighted by Crippen LogP contribution is 2.19. The van der Waals surface area contributed by atoms with Gasteiger partial charge in [0.2, 0.25) is 5.91 Å². The first kappa shape index (κ1) is 15.8. The first-order chi connectivity index (χ1) is 9.45. The minimum absolute atomic E-state index is 0.0287. The highest BCUT2D eigenvalue weighted by Gasteiger charge is 2.11. The molecule has 0 atom stereocenters. The van der Waals surface area contributed by atoms with E-state index >= 15 is 0 Å². The Hall–Kier alpha value is -2.24. The van der Waals surface area contributed by atoms with Crippen LogP contribution < -0.4 is 16.4 Å². The summed E-state index contributed by atoms with van der Waals surface area (Å²) >= 11 is 0. The molecule has 1 aromatic carbocycles. The molecule has 6 heteroatoms. The molecule has 110 valence electrons. The quantitative estimate of drug-likeness (QED) is 0.675. The van der Waals surface area contributed by atoms with Gasteiger partial charge in [0.25, 0.3) is 5.91 Å². The van der Waals surface area contributed by atoms with Gasteiger partial charge in [0, 0.05) is 45.0 Å². The topological polar surface area (TPSA) is 87.5 Å². The number of amides is 2. The van der Waals surface area contributed by atoms with E-state index in [-0.39, 0.29) is 11.8 Å². The summed E-state index contributed by atoms with van der Waals surface area (Å²) in [5, 5.41) is 5.84. The molecule has 0 spiro atoms. The SMILES string of the molecule is CCNC(=O)c1ccc(N)cc1NCCC(=O)N(C)C. The van der Waals surface area contributed by atoms with Crippen LogP contribution in [0.25, 0.3) is 0 Å². The van der Waals surface area contributed by atoms with Gasteiger partial charge in [-0.05, 0) is 25.1 Å². The molecular formula is C14H22N4O2. The number of nitrogen functional groups attached to an aromatic ring is 1. The van der Waals surface area contributed by atoms with Crippen LogP contribution in [0.5, 0.6) is 0 Å². The zero-order valence-electron chi connectivity index (χ0n) is 12.2. The van der Waals surface area contributed by atoms with Crippen LogP contribution in [0.15, 0.2) is 18.2 Å². The van der Waals surface area contributed by atoms with Crippen molar-refractivity contribution in [1.82, 2.24) is 10.2 Å². The number of hydrogen-bond acceptors (Lipinski definition) is 4. The molecule has 0 aliphatic rings. The Bertz CT molecular complexity index is 486. The summed E-state index contributed by atoms with van der Waals surface area (Å²) in [6.45, 7) is 2.87. The second-order valence-corrected chi connectivity index (χ2v) is 4.63. The van der Waals surface area contributed by atoms with Crippen LogP contribution in [0.2, 0.25) is 0 Å². The number of anilines is 2. The molecule has 6 nitrogen and oxygen atoms in total. The van der Waals surface area contributed by atoms with Gasteiger partial charge in [-0.15, -0.1) is 0 Å². The van der Waals surface area contributed by atoms with Crippen molar-refractivity contribution in [2.24, 2.45) is 0 Å². The third-order valence-electron chi connectivity index (χ3n) is 2.78. The largest absolute Gasteiger partial charge is 0.399 e. The van der Waals surface area contributed by atoms with Crippen LogP contribution in [0.3, 0.4) is 0 Å². The zero-order valence-corrected chi connectivity index (χ0v) is 12.2. The molecule has 2 amide bonds. The van der Waals surface area contributed by atoms with Crippen molar-refractivity contribution in [3.8, 4) is 0 Å². The Kier molecular flexibility index (Phi) is 5.83. The fourth-order valence-electron chi connectivity index (χ4n) is 1.69. The number of nitrogens with zero attached hydrogens (tertiary/aromatic N) is 1. The van der Waals surface area contributed by atoms with Gasteiger partial charge in [-0.1, -0.05) is 0 Å². The fourth-order valence-corrected chi connectivity index (χ4v) is 1.69. The Morgan fingerprint density at radius 1 is 1.30 bits per heavy atom. The molecule has 0 saturated carbocycles. The predicted octanol–water partition coefficient (Wildman–Crippen LogP) is 0.909. The summed E-state index contributed by atoms with van der Waals surface area (Å²) < 4.78 is 0. The van der Waals surface area contributed by atoms with Crippen molar-refractivity contribution in [2.45, 2.75) is 13.3 Å². The van der Waals surface area contributed by atoms with Crippen LogP contribution in [0, 0.1) is 0 Å². The Balaban J connectivity index is 2.75. The number of benzene rings is 1. The summed E-state index contributed by atoms with van der Waals surface area (Å²) in [5.41, 5.74) is 7.47. The van der Waals surface area contributed by atoms with Crippen LogP contribution in [-0.2, 0) is 4.79 Å². The van der Waals surface area contributed by atoms with Gasteiger partial charge in [0.1, 0.15) is 0 Å². The first-order valence-corrected chi connectivity index (χ1v) is 6.57. The van der Waals surface area contributed by atoms with Gasteiger partial charge >= 0.3 is 0 Å². The van der Waals surface area contributed by atoms with E-state index in [9.17, 15) is 9.59 Å². The molecule has 0 unspecified atom stereocenters. The van der Waals surface area contributed by atoms with Crippen LogP contribution >= 0.6 is 0 Å². The number of carbonyl (C=O) groups is 2. The Morgan fingerprint density at radius 2 is 2.00 bits per heavy atom. The van der Waals surface area contributed by atoms with Crippen LogP contribution in [0.1, 0.15) is 23.7 Å². The summed E-state index contributed by atoms with van der Waals surface area (Å²) in [6.07, 6.45) is 0.358. The second kappa shape index (κ2) is 7.37. The predicted molar refractivity (Wildman–Crippen MR) is 80.7 cm³/mol. The molecule has 4 N–H and O–H groups in total. The Morgan fingerprint density at radius 3 is 2.60 bits per heavy atom. The molecule has 0 aliphatic heterocycles. The maximum Gasteiger partial charge on any atom is 0.253 e. The average molecular weight is 278 g/mol. The summed E-state index contributed by atoms with van der Waals surface area (Å²) in [4.78, 5) is 25.0. The molecule has 0 aromatic heterocycles. The van der Waals surface area contributed by atoms with Crippen LogP contribution in [-0.4, -0.2) is 43.9 Å². The van der Waals surface area contributed by atoms with Gasteiger partial charge in [-0.3, -0.25) is 9.59 Å². The van der Waals surface area contributed by atoms with Crippen molar-refractivity contribution in [1.29, 1.82) is 0 Å². The highest BCUT2D eigenvalue weighted by molar-refractivity contribution is 6.00. The second-order valence-electron chi connectivity index (χ2n) is 4.63. The maximum atomic E-state index is 11.9. The standard InChI is InChI=1S/C14H22N4O2/c1-4-16-14(20)11-6-5-10(15)9-12(11)17-8-7-13(19)18(2)3/h5-6,9,17H,4,7-8,15H2,1-3H3,(H,16,20). The molecule has 1 aromatic rings. The first-order valence-electron chi connectivity index (χ1n) is 6.57. The van der Waals surface area contributed by atoms with Crippen molar-refractivity contribution in [3.63, 3.8) is 0 Å². The molecule has 0 fully saturated rings. The van der Waals surface area contributed by atoms with Gasteiger partial charge < -0.3 is 21.3 Å². The average Bonchev–Trinajstić information content (AvgIpc) is 2.38. The number of nitrogens with two attached hydrogens (primary N) is 1. The molecule has 0 heterocycles. The van der Waals surface area contributed by atoms with E-state index in [1.54, 1.807) is 32.3 Å². The van der Waals surface area contributed by atoms with E-state index in [0.717, 1.165) is 0 Å². The maximum absolute atomic E-state index is 11.9. The van der Waals surface area contributed by atoms with E-state index < -0.39 is 0 Å². The van der Waals surface area contributed by atoms with Gasteiger partial charge in [0.15, 0.2) is 0 Å². The normalized spacial score (nSPS) is 9.95. The lowest BCUT2D eigenvalue weighted by Crippen LogP contribution is -2.26. The van der Waals surface area contributed by atoms with Crippen molar-refractivity contribution in [2.75, 3.05) is 38.2 Å². The van der Waals surface area contributed by atoms with E-state index in [0.29, 0.717) is 36.4 Å². The third-order valence-corrected chi connectivity index (χ3v) is 2.78. The van der Waals surface area contributed by atoms with E-state index in [4.69, 9.17) is 5.73 Å². The summed E-state index contributed by atoms with van der Waals surface area (Å²) in [5.74, 6) is -0.130. The van der Waals surface area contributed by atoms with E-state index in [1.807, 2.05) is 6.92 Å². The molecule has 0 radical (unpaired) electrons. The molecule has 0 bridgehead atoms. The number of carbonyl (C=O) groups excluding carboxylic acids is 2. The highest BCUT2D eigenvalue weighted by atomic mass is 16.2. The zero-order chi connectivity index (χ0) is 15.1. The van der Waals surface area contributed by atoms with E-state index in [1.165, 1.54) is 4.90 Å². The van der Waals surface area contributed by atoms with E-state index in [2.05, 4.69) is 10.6 Å². The summed E-state index contributed by atoms with van der Waals surface area (Å²) in [7, 11) is 3.42. The Labute approximate surface area is 119 Å². The molecule has 20 heavy (non-hydrogen) atoms. The minimum Gasteiger partial charge on any atom is -0.399 e. The van der Waals surface area contributed by atoms with Crippen molar-refractivity contribution < 1.29 is 9.59 Å². The third kappa shape index (κ3) is 4.46. The lowest BCUT2D eigenvalue weighted by Gasteiger charge is -2.14. The van der Waals surface area contributed by atoms with Gasteiger partial charge in [-0.25, -0.2) is 0 Å². The monoisotopic (exact) mass is 278 g/mol. The van der Waals surface area contributed by atoms with Crippen molar-refractivity contribution in [3.05, 3.63) is 23.8 Å². The summed E-state index contributed by atoms with van der Waals surface area (Å²) in [6, 6.07) is 5.06. The van der Waals surface area contributed by atoms with Gasteiger partial charge in [-0.2, -0.15) is 0 Å². The molecular weight excluding hydrogens is 256 g/mol. The smallest absolute Gasteiger partial charge is 0.253 e. The lowest BCUT2D eigenvalue weighted by molar-refractivity contribution is -0.128. The van der Waals surface area contributed by atoms with Gasteiger partial charge in [0.05, 0.1) is 5.56 Å². The number of nitrogens with one attached hydrogen (secondary N) is 2. The number of hydrogen-bond donors (Lipinski definition) is 3.